The Bertz CT molecular complexity index is 3180. The van der Waals surface area contributed by atoms with Crippen LogP contribution in [0.1, 0.15) is 147 Å². The van der Waals surface area contributed by atoms with Gasteiger partial charge in [-0.2, -0.15) is 0 Å². The number of likely N-dealkylation sites (N-methyl/N-ethyl adjacent to an activating group) is 2. The average molecular weight is 1860 g/mol. The number of benzene rings is 5. The number of aromatic nitrogens is 2. The van der Waals surface area contributed by atoms with Gasteiger partial charge in [0.05, 0.1) is 0 Å². The molecule has 2 atom stereocenters. The zero-order valence-electron chi connectivity index (χ0n) is 80.3. The standard InChI is InChI=1S/2C12H16N2O2.2C10H11N.C8H10O.3C5H13N3.2C4H9N.10CH2O.13H3N/c2*1-9(15)14-11(12(16)13-2)8-10-6-4-3-5-7-10;2*1-2-8-7-11-10-6-4-3-5-9(8)10;1-2-7-3-5-8(9)6-4-7;3*1-2-3-4-8-5(6)7;2*1-2-4-5-3-1;10*1-2;;;;;;;;;;;;;/h2*3-7,11H,8H2,1-2H3,(H,13,16)(H,14,15);2*3-7,11H,2H2,1H3;3-6,9H,2H2,1H3;3*2-4H2,1H3,(H4,6,7,8);2*5H,1-4H2;10*1H2;13*1H3/t2*11-;;;;;;;;;;;;;;;;;;;;;;;;;;;;;;;/m00.............................../s1. The van der Waals surface area contributed by atoms with Crippen molar-refractivity contribution in [1.29, 1.82) is 0 Å². The van der Waals surface area contributed by atoms with Gasteiger partial charge in [0.2, 0.25) is 23.6 Å². The fourth-order valence-electron chi connectivity index (χ4n) is 8.89. The van der Waals surface area contributed by atoms with Gasteiger partial charge in [-0.05, 0) is 142 Å². The number of nitrogens with zero attached hydrogens (tertiary/aromatic N) is 3. The van der Waals surface area contributed by atoms with Gasteiger partial charge in [-0.3, -0.25) is 34.2 Å². The van der Waals surface area contributed by atoms with Crippen LogP contribution in [0.5, 0.6) is 5.75 Å². The number of aromatic hydroxyl groups is 1. The number of aliphatic imine (C=N–C) groups is 3. The SMILES string of the molecule is C1CCNC1.C1CCNC1.C=O.C=O.C=O.C=O.C=O.C=O.C=O.C=O.C=O.C=O.CCCCN=C(N)N.CCCCN=C(N)N.CCCCN=C(N)N.CCc1c[nH]c2ccccc12.CCc1c[nH]c2ccccc12.CCc1ccc(O)cc1.CNC(=O)[C@H](Cc1ccccc1)NC(C)=O.CNC(=O)[C@H](Cc1ccccc1)NC(C)=O.N.N.N.N.N.N.N.N.N.N.N.N.N. The van der Waals surface area contributed by atoms with Gasteiger partial charge in [0.15, 0.2) is 17.9 Å². The van der Waals surface area contributed by atoms with E-state index >= 15 is 0 Å². The lowest BCUT2D eigenvalue weighted by molar-refractivity contribution is -0.127. The molecule has 0 saturated carbocycles. The molecular formula is C85H180N30O15. The molecule has 60 N–H and O–H groups in total. The summed E-state index contributed by atoms with van der Waals surface area (Å²) >= 11 is 0. The number of carbonyl (C=O) groups excluding carboxylic acids is 14. The minimum absolute atomic E-state index is 0. The summed E-state index contributed by atoms with van der Waals surface area (Å²) in [6.07, 6.45) is 20.6. The molecule has 45 heteroatoms. The third-order valence-electron chi connectivity index (χ3n) is 14.2. The van der Waals surface area contributed by atoms with Crippen molar-refractivity contribution in [1.82, 2.24) is 122 Å². The third-order valence-corrected chi connectivity index (χ3v) is 14.2. The molecule has 4 heterocycles. The Hall–Kier alpha value is -13.2. The van der Waals surface area contributed by atoms with Crippen LogP contribution in [0.25, 0.3) is 21.8 Å². The summed E-state index contributed by atoms with van der Waals surface area (Å²) in [5.74, 6) is 0.148. The second kappa shape index (κ2) is 150. The van der Waals surface area contributed by atoms with E-state index in [0.717, 1.165) is 88.5 Å². The maximum Gasteiger partial charge on any atom is 0.242 e. The fraction of sp³-hybridized carbons (Fsp3) is 0.400. The molecule has 2 fully saturated rings. The number of rotatable bonds is 20. The molecule has 2 aliphatic heterocycles. The number of H-pyrrole nitrogens is 2. The Morgan fingerprint density at radius 3 is 0.785 bits per heavy atom. The lowest BCUT2D eigenvalue weighted by Crippen LogP contribution is -2.46. The molecule has 0 aliphatic carbocycles. The Kier molecular flexibility index (Phi) is 210. The van der Waals surface area contributed by atoms with Gasteiger partial charge in [-0.1, -0.05) is 170 Å². The summed E-state index contributed by atoms with van der Waals surface area (Å²) in [6.45, 7) is 42.8. The van der Waals surface area contributed by atoms with Gasteiger partial charge >= 0.3 is 0 Å². The first-order chi connectivity index (χ1) is 56.7. The van der Waals surface area contributed by atoms with Crippen LogP contribution in [-0.4, -0.2) is 196 Å². The Labute approximate surface area is 774 Å². The number of guanidine groups is 3. The molecule has 130 heavy (non-hydrogen) atoms. The number of unbranched alkanes of at least 4 members (excludes halogenated alkanes) is 3. The first kappa shape index (κ1) is 182. The largest absolute Gasteiger partial charge is 0.508 e. The molecule has 0 spiro atoms. The number of nitrogens with two attached hydrogens (primary N) is 6. The van der Waals surface area contributed by atoms with Crippen molar-refractivity contribution in [2.24, 2.45) is 49.4 Å². The molecule has 2 aromatic heterocycles. The van der Waals surface area contributed by atoms with Gasteiger partial charge in [0, 0.05) is 94.6 Å². The van der Waals surface area contributed by atoms with Crippen molar-refractivity contribution in [3.8, 4) is 5.75 Å². The Morgan fingerprint density at radius 2 is 0.592 bits per heavy atom. The van der Waals surface area contributed by atoms with Crippen LogP contribution in [0, 0.1) is 0 Å². The molecular weight excluding hydrogens is 1680 g/mol. The molecule has 45 nitrogen and oxygen atoms in total. The number of amides is 4. The van der Waals surface area contributed by atoms with E-state index in [1.165, 1.54) is 104 Å². The van der Waals surface area contributed by atoms with E-state index in [0.29, 0.717) is 18.6 Å². The number of fused-ring (bicyclic) bond motifs is 2. The van der Waals surface area contributed by atoms with Crippen molar-refractivity contribution in [3.63, 3.8) is 0 Å². The number of phenolic OH excluding ortho intramolecular Hbond substituents is 1. The number of aromatic amines is 2. The minimum Gasteiger partial charge on any atom is -0.508 e. The maximum atomic E-state index is 11.5. The molecule has 4 amide bonds. The zero-order chi connectivity index (χ0) is 92.3. The van der Waals surface area contributed by atoms with Crippen LogP contribution in [0.2, 0.25) is 0 Å². The second-order valence-corrected chi connectivity index (χ2v) is 22.5. The molecule has 0 bridgehead atoms. The highest BCUT2D eigenvalue weighted by molar-refractivity contribution is 5.88. The van der Waals surface area contributed by atoms with Crippen LogP contribution in [0.15, 0.2) is 161 Å². The minimum atomic E-state index is -0.509. The lowest BCUT2D eigenvalue weighted by Gasteiger charge is -2.16. The highest BCUT2D eigenvalue weighted by Crippen LogP contribution is 2.19. The highest BCUT2D eigenvalue weighted by atomic mass is 16.3. The van der Waals surface area contributed by atoms with Crippen LogP contribution in [-0.2, 0) is 99.2 Å². The second-order valence-electron chi connectivity index (χ2n) is 22.5. The molecule has 9 rings (SSSR count). The number of para-hydroxylation sites is 2. The predicted molar refractivity (Wildman–Crippen MR) is 544 cm³/mol. The molecule has 0 unspecified atom stereocenters. The number of nitrogens with one attached hydrogen (secondary N) is 8. The number of hydrogen-bond acceptors (Lipinski definition) is 33. The van der Waals surface area contributed by atoms with Crippen molar-refractivity contribution < 1.29 is 72.2 Å². The highest BCUT2D eigenvalue weighted by Gasteiger charge is 2.19. The summed E-state index contributed by atoms with van der Waals surface area (Å²) in [5, 5.41) is 28.3. The number of phenols is 1. The van der Waals surface area contributed by atoms with Crippen LogP contribution in [0.4, 0.5) is 0 Å². The van der Waals surface area contributed by atoms with Crippen molar-refractivity contribution >= 4 is 131 Å². The summed E-state index contributed by atoms with van der Waals surface area (Å²) in [6, 6.07) is 42.2. The summed E-state index contributed by atoms with van der Waals surface area (Å²) in [5.41, 5.74) is 38.9. The van der Waals surface area contributed by atoms with E-state index in [4.69, 9.17) is 87.5 Å². The number of hydrogen-bond donors (Lipinski definition) is 28. The Morgan fingerprint density at radius 1 is 0.354 bits per heavy atom. The van der Waals surface area contributed by atoms with Gasteiger partial charge in [-0.25, -0.2) is 0 Å². The maximum absolute atomic E-state index is 11.5. The van der Waals surface area contributed by atoms with E-state index in [2.05, 4.69) is 159 Å². The topological polar surface area (TPSA) is 1010 Å². The average Bonchev–Trinajstić information content (AvgIpc) is 1.71. The quantitative estimate of drug-likeness (QED) is 0.0192. The van der Waals surface area contributed by atoms with E-state index in [9.17, 15) is 19.2 Å². The molecule has 760 valence electrons. The summed E-state index contributed by atoms with van der Waals surface area (Å²) in [7, 11) is 3.12. The first-order valence-corrected chi connectivity index (χ1v) is 37.1. The van der Waals surface area contributed by atoms with Gasteiger partial charge in [0.1, 0.15) is 85.7 Å². The zero-order valence-corrected chi connectivity index (χ0v) is 80.3. The normalized spacial score (nSPS) is 9.06. The molecule has 0 radical (unpaired) electrons. The number of carbonyl (C=O) groups is 14. The predicted octanol–water partition coefficient (Wildman–Crippen LogP) is 9.55. The van der Waals surface area contributed by atoms with Crippen molar-refractivity contribution in [2.45, 2.75) is 164 Å². The Balaban J connectivity index is -0.0000000427. The van der Waals surface area contributed by atoms with E-state index < -0.39 is 12.1 Å². The van der Waals surface area contributed by atoms with Crippen LogP contribution < -0.4 is 146 Å². The molecule has 5 aromatic carbocycles. The van der Waals surface area contributed by atoms with E-state index in [1.54, 1.807) is 26.2 Å². The molecule has 2 saturated heterocycles. The van der Waals surface area contributed by atoms with Gasteiger partial charge < -0.3 is 209 Å². The van der Waals surface area contributed by atoms with Crippen molar-refractivity contribution in [3.05, 3.63) is 174 Å². The van der Waals surface area contributed by atoms with E-state index in [1.807, 2.05) is 141 Å². The number of aryl methyl sites for hydroxylation is 3. The summed E-state index contributed by atoms with van der Waals surface area (Å²) in [4.78, 5) is 143. The smallest absolute Gasteiger partial charge is 0.242 e. The monoisotopic (exact) mass is 1860 g/mol. The lowest BCUT2D eigenvalue weighted by atomic mass is 10.1. The first-order valence-electron chi connectivity index (χ1n) is 37.1. The molecule has 2 aliphatic rings. The van der Waals surface area contributed by atoms with Gasteiger partial charge in [-0.15, -0.1) is 0 Å². The van der Waals surface area contributed by atoms with Crippen LogP contribution in [0.3, 0.4) is 0 Å². The summed E-state index contributed by atoms with van der Waals surface area (Å²) < 4.78 is 0. The third kappa shape index (κ3) is 119. The van der Waals surface area contributed by atoms with Gasteiger partial charge in [0.25, 0.3) is 0 Å². The fourth-order valence-corrected chi connectivity index (χ4v) is 8.89. The van der Waals surface area contributed by atoms with E-state index in [-0.39, 0.29) is 121 Å². The molecule has 7 aromatic rings. The van der Waals surface area contributed by atoms with Crippen molar-refractivity contribution in [2.75, 3.05) is 59.9 Å². The van der Waals surface area contributed by atoms with Crippen LogP contribution >= 0.6 is 0 Å².